The Morgan fingerprint density at radius 3 is 2.76 bits per heavy atom. The van der Waals surface area contributed by atoms with E-state index >= 15 is 0 Å². The molecule has 2 rings (SSSR count). The van der Waals surface area contributed by atoms with Crippen molar-refractivity contribution in [2.24, 2.45) is 0 Å². The highest BCUT2D eigenvalue weighted by molar-refractivity contribution is 5.81. The normalized spacial score (nSPS) is 15.3. The first kappa shape index (κ1) is 15.2. The maximum atomic E-state index is 11.8. The van der Waals surface area contributed by atoms with Gasteiger partial charge in [-0.15, -0.1) is 0 Å². The van der Waals surface area contributed by atoms with E-state index in [9.17, 15) is 14.9 Å². The van der Waals surface area contributed by atoms with Gasteiger partial charge < -0.3 is 15.4 Å². The highest BCUT2D eigenvalue weighted by atomic mass is 16.6. The highest BCUT2D eigenvalue weighted by Gasteiger charge is 2.25. The number of nitrogens with one attached hydrogen (secondary N) is 2. The first-order chi connectivity index (χ1) is 9.99. The maximum absolute atomic E-state index is 11.8. The molecule has 0 aliphatic heterocycles. The number of hydrogen-bond donors (Lipinski definition) is 2. The number of nitro groups is 1. The van der Waals surface area contributed by atoms with Crippen molar-refractivity contribution in [1.29, 1.82) is 0 Å². The number of methoxy groups -OCH3 is 1. The quantitative estimate of drug-likeness (QED) is 0.585. The van der Waals surface area contributed by atoms with Gasteiger partial charge in [0.1, 0.15) is 5.75 Å². The summed E-state index contributed by atoms with van der Waals surface area (Å²) in [6, 6.07) is 4.52. The standard InChI is InChI=1S/C14H19N3O4/c1-9(14(18)16-11-3-4-11)15-8-10-5-12(17(19)20)7-13(6-10)21-2/h5-7,9,11,15H,3-4,8H2,1-2H3,(H,16,18). The first-order valence-corrected chi connectivity index (χ1v) is 6.85. The van der Waals surface area contributed by atoms with Crippen molar-refractivity contribution in [2.45, 2.75) is 38.4 Å². The summed E-state index contributed by atoms with van der Waals surface area (Å²) < 4.78 is 5.05. The zero-order chi connectivity index (χ0) is 15.4. The number of benzene rings is 1. The van der Waals surface area contributed by atoms with Gasteiger partial charge in [-0.05, 0) is 31.4 Å². The Hall–Kier alpha value is -2.15. The predicted molar refractivity (Wildman–Crippen MR) is 77.1 cm³/mol. The van der Waals surface area contributed by atoms with Gasteiger partial charge in [-0.1, -0.05) is 0 Å². The number of carbonyl (C=O) groups excluding carboxylic acids is 1. The SMILES string of the molecule is COc1cc(CNC(C)C(=O)NC2CC2)cc([N+](=O)[O-])c1. The van der Waals surface area contributed by atoms with Gasteiger partial charge in [0, 0.05) is 18.7 Å². The van der Waals surface area contributed by atoms with E-state index in [1.54, 1.807) is 13.0 Å². The van der Waals surface area contributed by atoms with E-state index in [1.165, 1.54) is 19.2 Å². The van der Waals surface area contributed by atoms with Crippen LogP contribution in [0.15, 0.2) is 18.2 Å². The second-order valence-corrected chi connectivity index (χ2v) is 5.18. The Labute approximate surface area is 122 Å². The Morgan fingerprint density at radius 1 is 1.48 bits per heavy atom. The average Bonchev–Trinajstić information content (AvgIpc) is 3.28. The van der Waals surface area contributed by atoms with Crippen molar-refractivity contribution in [3.05, 3.63) is 33.9 Å². The molecule has 0 radical (unpaired) electrons. The molecule has 0 bridgehead atoms. The third kappa shape index (κ3) is 4.42. The summed E-state index contributed by atoms with van der Waals surface area (Å²) in [6.45, 7) is 2.13. The van der Waals surface area contributed by atoms with Crippen molar-refractivity contribution in [2.75, 3.05) is 7.11 Å². The lowest BCUT2D eigenvalue weighted by atomic mass is 10.1. The minimum Gasteiger partial charge on any atom is -0.496 e. The molecule has 1 aliphatic rings. The summed E-state index contributed by atoms with van der Waals surface area (Å²) in [7, 11) is 1.46. The molecule has 7 nitrogen and oxygen atoms in total. The van der Waals surface area contributed by atoms with Gasteiger partial charge in [0.2, 0.25) is 5.91 Å². The fourth-order valence-corrected chi connectivity index (χ4v) is 1.89. The van der Waals surface area contributed by atoms with Crippen LogP contribution in [0.5, 0.6) is 5.75 Å². The molecule has 1 fully saturated rings. The third-order valence-corrected chi connectivity index (χ3v) is 3.33. The third-order valence-electron chi connectivity index (χ3n) is 3.33. The molecular formula is C14H19N3O4. The van der Waals surface area contributed by atoms with Crippen molar-refractivity contribution in [1.82, 2.24) is 10.6 Å². The number of ether oxygens (including phenoxy) is 1. The lowest BCUT2D eigenvalue weighted by molar-refractivity contribution is -0.385. The molecule has 0 spiro atoms. The van der Waals surface area contributed by atoms with Crippen LogP contribution in [0, 0.1) is 10.1 Å². The summed E-state index contributed by atoms with van der Waals surface area (Å²) in [5.74, 6) is 0.381. The summed E-state index contributed by atoms with van der Waals surface area (Å²) in [6.07, 6.45) is 2.08. The number of nitro benzene ring substituents is 1. The molecule has 2 N–H and O–H groups in total. The van der Waals surface area contributed by atoms with E-state index in [-0.39, 0.29) is 17.6 Å². The van der Waals surface area contributed by atoms with Crippen LogP contribution in [0.2, 0.25) is 0 Å². The van der Waals surface area contributed by atoms with Gasteiger partial charge in [-0.25, -0.2) is 0 Å². The van der Waals surface area contributed by atoms with E-state index in [0.717, 1.165) is 12.8 Å². The highest BCUT2D eigenvalue weighted by Crippen LogP contribution is 2.22. The fourth-order valence-electron chi connectivity index (χ4n) is 1.89. The van der Waals surface area contributed by atoms with Crippen LogP contribution >= 0.6 is 0 Å². The van der Waals surface area contributed by atoms with Crippen LogP contribution in [0.4, 0.5) is 5.69 Å². The van der Waals surface area contributed by atoms with Gasteiger partial charge in [0.05, 0.1) is 24.1 Å². The van der Waals surface area contributed by atoms with Gasteiger partial charge in [0.15, 0.2) is 0 Å². The van der Waals surface area contributed by atoms with Gasteiger partial charge >= 0.3 is 0 Å². The van der Waals surface area contributed by atoms with Crippen LogP contribution in [-0.2, 0) is 11.3 Å². The van der Waals surface area contributed by atoms with Crippen molar-refractivity contribution in [3.63, 3.8) is 0 Å². The maximum Gasteiger partial charge on any atom is 0.273 e. The van der Waals surface area contributed by atoms with Gasteiger partial charge in [0.25, 0.3) is 5.69 Å². The minimum absolute atomic E-state index is 0.0266. The molecule has 114 valence electrons. The zero-order valence-corrected chi connectivity index (χ0v) is 12.1. The molecule has 1 unspecified atom stereocenters. The lowest BCUT2D eigenvalue weighted by Gasteiger charge is -2.14. The Bertz CT molecular complexity index is 543. The number of nitrogens with zero attached hydrogens (tertiary/aromatic N) is 1. The number of hydrogen-bond acceptors (Lipinski definition) is 5. The monoisotopic (exact) mass is 293 g/mol. The number of carbonyl (C=O) groups is 1. The summed E-state index contributed by atoms with van der Waals surface area (Å²) >= 11 is 0. The predicted octanol–water partition coefficient (Wildman–Crippen LogP) is 1.36. The summed E-state index contributed by atoms with van der Waals surface area (Å²) in [4.78, 5) is 22.2. The minimum atomic E-state index is -0.463. The molecule has 1 aromatic rings. The van der Waals surface area contributed by atoms with Crippen LogP contribution < -0.4 is 15.4 Å². The Balaban J connectivity index is 1.96. The van der Waals surface area contributed by atoms with E-state index in [4.69, 9.17) is 4.74 Å². The first-order valence-electron chi connectivity index (χ1n) is 6.85. The second-order valence-electron chi connectivity index (χ2n) is 5.18. The number of non-ortho nitro benzene ring substituents is 1. The van der Waals surface area contributed by atoms with Crippen LogP contribution in [0.3, 0.4) is 0 Å². The Morgan fingerprint density at radius 2 is 2.19 bits per heavy atom. The average molecular weight is 293 g/mol. The van der Waals surface area contributed by atoms with Crippen LogP contribution in [0.1, 0.15) is 25.3 Å². The largest absolute Gasteiger partial charge is 0.496 e. The molecule has 1 aliphatic carbocycles. The molecular weight excluding hydrogens is 274 g/mol. The van der Waals surface area contributed by atoms with Gasteiger partial charge in [-0.3, -0.25) is 14.9 Å². The molecule has 7 heteroatoms. The van der Waals surface area contributed by atoms with Crippen LogP contribution in [0.25, 0.3) is 0 Å². The fraction of sp³-hybridized carbons (Fsp3) is 0.500. The van der Waals surface area contributed by atoms with Crippen molar-refractivity contribution >= 4 is 11.6 Å². The van der Waals surface area contributed by atoms with Gasteiger partial charge in [-0.2, -0.15) is 0 Å². The molecule has 0 saturated heterocycles. The summed E-state index contributed by atoms with van der Waals surface area (Å²) in [5.41, 5.74) is 0.674. The summed E-state index contributed by atoms with van der Waals surface area (Å²) in [5, 5.41) is 16.8. The molecule has 0 aromatic heterocycles. The molecule has 0 heterocycles. The topological polar surface area (TPSA) is 93.5 Å². The van der Waals surface area contributed by atoms with Crippen molar-refractivity contribution in [3.8, 4) is 5.75 Å². The van der Waals surface area contributed by atoms with E-state index in [1.807, 2.05) is 0 Å². The number of amides is 1. The Kier molecular flexibility index (Phi) is 4.74. The molecule has 21 heavy (non-hydrogen) atoms. The molecule has 1 atom stereocenters. The molecule has 1 amide bonds. The number of rotatable bonds is 7. The second kappa shape index (κ2) is 6.53. The van der Waals surface area contributed by atoms with E-state index in [2.05, 4.69) is 10.6 Å². The molecule has 1 saturated carbocycles. The smallest absolute Gasteiger partial charge is 0.273 e. The van der Waals surface area contributed by atoms with E-state index in [0.29, 0.717) is 23.9 Å². The molecule has 1 aromatic carbocycles. The van der Waals surface area contributed by atoms with Crippen LogP contribution in [-0.4, -0.2) is 30.0 Å². The zero-order valence-electron chi connectivity index (χ0n) is 12.1. The lowest BCUT2D eigenvalue weighted by Crippen LogP contribution is -2.42. The van der Waals surface area contributed by atoms with Crippen molar-refractivity contribution < 1.29 is 14.5 Å². The van der Waals surface area contributed by atoms with E-state index < -0.39 is 4.92 Å².